The van der Waals surface area contributed by atoms with Crippen LogP contribution in [0.5, 0.6) is 0 Å². The number of halogens is 4. The van der Waals surface area contributed by atoms with E-state index >= 15 is 0 Å². The van der Waals surface area contributed by atoms with E-state index in [2.05, 4.69) is 0 Å². The number of nitrogen functional groups attached to an aromatic ring is 1. The van der Waals surface area contributed by atoms with Gasteiger partial charge in [-0.05, 0) is 42.8 Å². The van der Waals surface area contributed by atoms with Gasteiger partial charge in [0, 0.05) is 16.8 Å². The summed E-state index contributed by atoms with van der Waals surface area (Å²) in [4.78, 5) is 12.3. The molecule has 0 aliphatic rings. The van der Waals surface area contributed by atoms with Gasteiger partial charge in [-0.1, -0.05) is 6.07 Å². The number of hydrogen-bond donors (Lipinski definition) is 1. The number of aryl methyl sites for hydroxylation is 1. The second-order valence-electron chi connectivity index (χ2n) is 4.59. The van der Waals surface area contributed by atoms with Crippen LogP contribution in [0, 0.1) is 12.7 Å². The molecule has 0 fully saturated rings. The summed E-state index contributed by atoms with van der Waals surface area (Å²) in [5, 5.41) is 0. The largest absolute Gasteiger partial charge is 0.416 e. The number of anilines is 1. The van der Waals surface area contributed by atoms with Gasteiger partial charge in [0.1, 0.15) is 5.82 Å². The van der Waals surface area contributed by atoms with Crippen LogP contribution in [0.4, 0.5) is 23.2 Å². The monoisotopic (exact) mass is 297 g/mol. The van der Waals surface area contributed by atoms with Crippen molar-refractivity contribution in [2.45, 2.75) is 13.1 Å². The molecule has 2 aromatic rings. The Morgan fingerprint density at radius 3 is 2.33 bits per heavy atom. The van der Waals surface area contributed by atoms with Crippen molar-refractivity contribution in [3.05, 3.63) is 64.5 Å². The maximum Gasteiger partial charge on any atom is 0.416 e. The van der Waals surface area contributed by atoms with Crippen LogP contribution in [-0.4, -0.2) is 5.78 Å². The predicted molar refractivity (Wildman–Crippen MR) is 70.4 cm³/mol. The Balaban J connectivity index is 2.55. The minimum absolute atomic E-state index is 0.0129. The number of ketones is 1. The molecule has 0 bridgehead atoms. The van der Waals surface area contributed by atoms with Crippen LogP contribution >= 0.6 is 0 Å². The van der Waals surface area contributed by atoms with E-state index in [1.165, 1.54) is 12.1 Å². The first kappa shape index (κ1) is 15.0. The zero-order valence-corrected chi connectivity index (χ0v) is 11.0. The summed E-state index contributed by atoms with van der Waals surface area (Å²) in [6.07, 6.45) is -4.58. The molecule has 0 aromatic heterocycles. The molecule has 0 aliphatic heterocycles. The van der Waals surface area contributed by atoms with E-state index in [-0.39, 0.29) is 16.8 Å². The molecule has 0 aliphatic carbocycles. The van der Waals surface area contributed by atoms with Gasteiger partial charge in [-0.25, -0.2) is 4.39 Å². The highest BCUT2D eigenvalue weighted by Crippen LogP contribution is 2.32. The molecule has 0 unspecified atom stereocenters. The third-order valence-electron chi connectivity index (χ3n) is 3.07. The summed E-state index contributed by atoms with van der Waals surface area (Å²) in [7, 11) is 0. The van der Waals surface area contributed by atoms with Gasteiger partial charge in [0.15, 0.2) is 5.78 Å². The van der Waals surface area contributed by atoms with Gasteiger partial charge < -0.3 is 5.73 Å². The molecule has 2 N–H and O–H groups in total. The normalized spacial score (nSPS) is 11.5. The van der Waals surface area contributed by atoms with Crippen molar-refractivity contribution in [3.63, 3.8) is 0 Å². The fraction of sp³-hybridized carbons (Fsp3) is 0.133. The van der Waals surface area contributed by atoms with Crippen LogP contribution in [0.1, 0.15) is 27.0 Å². The first-order valence-electron chi connectivity index (χ1n) is 5.97. The summed E-state index contributed by atoms with van der Waals surface area (Å²) >= 11 is 0. The standard InChI is InChI=1S/C15H11F4NO/c1-8-2-4-10(16)7-11(8)14(21)12-6-9(15(17,18)19)3-5-13(12)20/h2-7H,20H2,1H3. The maximum atomic E-state index is 13.2. The fourth-order valence-electron chi connectivity index (χ4n) is 1.91. The summed E-state index contributed by atoms with van der Waals surface area (Å²) in [6.45, 7) is 1.57. The molecule has 6 heteroatoms. The Kier molecular flexibility index (Phi) is 3.72. The van der Waals surface area contributed by atoms with E-state index < -0.39 is 23.3 Å². The lowest BCUT2D eigenvalue weighted by atomic mass is 9.96. The molecule has 0 amide bonds. The van der Waals surface area contributed by atoms with Gasteiger partial charge in [-0.3, -0.25) is 4.79 Å². The van der Waals surface area contributed by atoms with Crippen LogP contribution in [0.15, 0.2) is 36.4 Å². The average Bonchev–Trinajstić information content (AvgIpc) is 2.40. The minimum atomic E-state index is -4.58. The molecule has 0 radical (unpaired) electrons. The van der Waals surface area contributed by atoms with E-state index in [9.17, 15) is 22.4 Å². The van der Waals surface area contributed by atoms with Crippen molar-refractivity contribution < 1.29 is 22.4 Å². The van der Waals surface area contributed by atoms with E-state index in [1.54, 1.807) is 6.92 Å². The van der Waals surface area contributed by atoms with Crippen LogP contribution in [-0.2, 0) is 6.18 Å². The molecule has 0 saturated carbocycles. The van der Waals surface area contributed by atoms with Gasteiger partial charge in [-0.15, -0.1) is 0 Å². The van der Waals surface area contributed by atoms with Gasteiger partial charge in [-0.2, -0.15) is 13.2 Å². The van der Waals surface area contributed by atoms with Crippen molar-refractivity contribution >= 4 is 11.5 Å². The molecule has 110 valence electrons. The van der Waals surface area contributed by atoms with Crippen molar-refractivity contribution in [1.29, 1.82) is 0 Å². The van der Waals surface area contributed by atoms with E-state index in [1.807, 2.05) is 0 Å². The van der Waals surface area contributed by atoms with Gasteiger partial charge in [0.25, 0.3) is 0 Å². The van der Waals surface area contributed by atoms with Crippen LogP contribution in [0.2, 0.25) is 0 Å². The Labute approximate surface area is 118 Å². The van der Waals surface area contributed by atoms with Crippen LogP contribution in [0.3, 0.4) is 0 Å². The highest BCUT2D eigenvalue weighted by molar-refractivity contribution is 6.13. The highest BCUT2D eigenvalue weighted by Gasteiger charge is 2.31. The van der Waals surface area contributed by atoms with Crippen molar-refractivity contribution in [2.75, 3.05) is 5.73 Å². The van der Waals surface area contributed by atoms with Gasteiger partial charge >= 0.3 is 6.18 Å². The van der Waals surface area contributed by atoms with Crippen molar-refractivity contribution in [1.82, 2.24) is 0 Å². The summed E-state index contributed by atoms with van der Waals surface area (Å²) in [5.74, 6) is -1.38. The molecule has 0 saturated heterocycles. The van der Waals surface area contributed by atoms with Gasteiger partial charge in [0.2, 0.25) is 0 Å². The second-order valence-corrected chi connectivity index (χ2v) is 4.59. The topological polar surface area (TPSA) is 43.1 Å². The lowest BCUT2D eigenvalue weighted by molar-refractivity contribution is -0.137. The lowest BCUT2D eigenvalue weighted by Gasteiger charge is -2.11. The summed E-state index contributed by atoms with van der Waals surface area (Å²) in [6, 6.07) is 6.03. The summed E-state index contributed by atoms with van der Waals surface area (Å²) < 4.78 is 51.3. The molecule has 0 atom stereocenters. The number of rotatable bonds is 2. The fourth-order valence-corrected chi connectivity index (χ4v) is 1.91. The first-order valence-corrected chi connectivity index (χ1v) is 5.97. The third-order valence-corrected chi connectivity index (χ3v) is 3.07. The lowest BCUT2D eigenvalue weighted by Crippen LogP contribution is -2.11. The number of carbonyl (C=O) groups excluding carboxylic acids is 1. The van der Waals surface area contributed by atoms with Gasteiger partial charge in [0.05, 0.1) is 5.56 Å². The Morgan fingerprint density at radius 1 is 1.05 bits per heavy atom. The molecule has 2 rings (SSSR count). The predicted octanol–water partition coefficient (Wildman–Crippen LogP) is 3.97. The molecule has 0 heterocycles. The molecule has 2 nitrogen and oxygen atoms in total. The van der Waals surface area contributed by atoms with E-state index in [4.69, 9.17) is 5.73 Å². The zero-order chi connectivity index (χ0) is 15.8. The quantitative estimate of drug-likeness (QED) is 0.518. The number of hydrogen-bond acceptors (Lipinski definition) is 2. The zero-order valence-electron chi connectivity index (χ0n) is 11.0. The number of carbonyl (C=O) groups is 1. The van der Waals surface area contributed by atoms with Crippen molar-refractivity contribution in [3.8, 4) is 0 Å². The molecule has 2 aromatic carbocycles. The smallest absolute Gasteiger partial charge is 0.398 e. The third kappa shape index (κ3) is 3.04. The first-order chi connectivity index (χ1) is 9.70. The number of nitrogens with two attached hydrogens (primary N) is 1. The molecule has 21 heavy (non-hydrogen) atoms. The van der Waals surface area contributed by atoms with Crippen molar-refractivity contribution in [2.24, 2.45) is 0 Å². The average molecular weight is 297 g/mol. The van der Waals surface area contributed by atoms with E-state index in [0.29, 0.717) is 11.6 Å². The van der Waals surface area contributed by atoms with Crippen LogP contribution in [0.25, 0.3) is 0 Å². The Bertz CT molecular complexity index is 707. The minimum Gasteiger partial charge on any atom is -0.398 e. The summed E-state index contributed by atoms with van der Waals surface area (Å²) in [5.41, 5.74) is 4.66. The SMILES string of the molecule is Cc1ccc(F)cc1C(=O)c1cc(C(F)(F)F)ccc1N. The Morgan fingerprint density at radius 2 is 1.71 bits per heavy atom. The molecular weight excluding hydrogens is 286 g/mol. The maximum absolute atomic E-state index is 13.2. The van der Waals surface area contributed by atoms with E-state index in [0.717, 1.165) is 18.2 Å². The number of benzene rings is 2. The Hall–Kier alpha value is -2.37. The molecular formula is C15H11F4NO. The highest BCUT2D eigenvalue weighted by atomic mass is 19.4. The molecule has 0 spiro atoms. The number of alkyl halides is 3. The second kappa shape index (κ2) is 5.20. The van der Waals surface area contributed by atoms with Crippen LogP contribution < -0.4 is 5.73 Å².